The molecule has 0 spiro atoms. The average molecular weight is 228 g/mol. The number of carbonyl (C=O) groups is 1. The Bertz CT molecular complexity index is 556. The van der Waals surface area contributed by atoms with Gasteiger partial charge in [0.2, 0.25) is 0 Å². The lowest BCUT2D eigenvalue weighted by Gasteiger charge is -2.08. The molecule has 0 aliphatic carbocycles. The Kier molecular flexibility index (Phi) is 3.14. The fourth-order valence-electron chi connectivity index (χ4n) is 1.71. The number of hydrogen-bond acceptors (Lipinski definition) is 2. The number of hydrogen-bond donors (Lipinski definition) is 0. The predicted molar refractivity (Wildman–Crippen MR) is 69.2 cm³/mol. The van der Waals surface area contributed by atoms with Crippen molar-refractivity contribution in [3.05, 3.63) is 42.0 Å². The lowest BCUT2D eigenvalue weighted by atomic mass is 10.1. The molecular formula is C15H16O2. The van der Waals surface area contributed by atoms with Crippen LogP contribution < -0.4 is 4.74 Å². The van der Waals surface area contributed by atoms with Gasteiger partial charge in [-0.1, -0.05) is 38.1 Å². The Hall–Kier alpha value is -1.83. The molecule has 0 bridgehead atoms. The van der Waals surface area contributed by atoms with Crippen LogP contribution in [0, 0.1) is 12.8 Å². The van der Waals surface area contributed by atoms with Gasteiger partial charge >= 0.3 is 5.97 Å². The van der Waals surface area contributed by atoms with Crippen molar-refractivity contribution in [2.24, 2.45) is 5.92 Å². The number of ether oxygens (including phenoxy) is 1. The number of aryl methyl sites for hydroxylation is 1. The predicted octanol–water partition coefficient (Wildman–Crippen LogP) is 3.71. The van der Waals surface area contributed by atoms with Crippen LogP contribution in [0.4, 0.5) is 0 Å². The summed E-state index contributed by atoms with van der Waals surface area (Å²) in [4.78, 5) is 11.5. The molecule has 88 valence electrons. The van der Waals surface area contributed by atoms with Gasteiger partial charge < -0.3 is 4.74 Å². The molecule has 0 fully saturated rings. The molecule has 17 heavy (non-hydrogen) atoms. The third kappa shape index (κ3) is 2.47. The van der Waals surface area contributed by atoms with Gasteiger partial charge in [-0.3, -0.25) is 4.79 Å². The highest BCUT2D eigenvalue weighted by atomic mass is 16.5. The van der Waals surface area contributed by atoms with Crippen LogP contribution in [0.5, 0.6) is 5.75 Å². The molecule has 0 aliphatic heterocycles. The molecule has 2 heteroatoms. The molecule has 0 amide bonds. The minimum Gasteiger partial charge on any atom is -0.426 e. The smallest absolute Gasteiger partial charge is 0.313 e. The third-order valence-corrected chi connectivity index (χ3v) is 2.76. The van der Waals surface area contributed by atoms with Crippen LogP contribution in [-0.2, 0) is 4.79 Å². The zero-order valence-electron chi connectivity index (χ0n) is 10.4. The van der Waals surface area contributed by atoms with E-state index in [2.05, 4.69) is 19.1 Å². The first-order valence-electron chi connectivity index (χ1n) is 5.79. The number of rotatable bonds is 2. The maximum absolute atomic E-state index is 11.5. The zero-order valence-corrected chi connectivity index (χ0v) is 10.4. The van der Waals surface area contributed by atoms with Crippen molar-refractivity contribution < 1.29 is 9.53 Å². The van der Waals surface area contributed by atoms with E-state index in [-0.39, 0.29) is 11.9 Å². The Balaban J connectivity index is 2.38. The lowest BCUT2D eigenvalue weighted by Crippen LogP contribution is -2.14. The molecule has 2 nitrogen and oxygen atoms in total. The first kappa shape index (κ1) is 11.6. The molecule has 2 rings (SSSR count). The van der Waals surface area contributed by atoms with Crippen LogP contribution in [0.3, 0.4) is 0 Å². The van der Waals surface area contributed by atoms with E-state index in [1.807, 2.05) is 38.1 Å². The van der Waals surface area contributed by atoms with Gasteiger partial charge in [-0.25, -0.2) is 0 Å². The van der Waals surface area contributed by atoms with Crippen molar-refractivity contribution in [1.29, 1.82) is 0 Å². The van der Waals surface area contributed by atoms with Gasteiger partial charge in [0.05, 0.1) is 5.92 Å². The minimum absolute atomic E-state index is 0.109. The van der Waals surface area contributed by atoms with Crippen molar-refractivity contribution >= 4 is 16.7 Å². The van der Waals surface area contributed by atoms with Crippen molar-refractivity contribution in [1.82, 2.24) is 0 Å². The van der Waals surface area contributed by atoms with Crippen molar-refractivity contribution in [2.45, 2.75) is 20.8 Å². The standard InChI is InChI=1S/C15H16O2/c1-10(2)15(16)17-13-8-7-12-6-4-5-11(3)14(12)9-13/h4-10H,1-3H3. The largest absolute Gasteiger partial charge is 0.426 e. The van der Waals surface area contributed by atoms with Crippen LogP contribution in [-0.4, -0.2) is 5.97 Å². The Morgan fingerprint density at radius 2 is 1.94 bits per heavy atom. The highest BCUT2D eigenvalue weighted by Gasteiger charge is 2.10. The van der Waals surface area contributed by atoms with Gasteiger partial charge in [0.15, 0.2) is 0 Å². The quantitative estimate of drug-likeness (QED) is 0.578. The number of benzene rings is 2. The van der Waals surface area contributed by atoms with Crippen LogP contribution in [0.15, 0.2) is 36.4 Å². The average Bonchev–Trinajstić information content (AvgIpc) is 2.30. The maximum atomic E-state index is 11.5. The van der Waals surface area contributed by atoms with Gasteiger partial charge in [0, 0.05) is 0 Å². The van der Waals surface area contributed by atoms with E-state index in [9.17, 15) is 4.79 Å². The summed E-state index contributed by atoms with van der Waals surface area (Å²) >= 11 is 0. The number of esters is 1. The fraction of sp³-hybridized carbons (Fsp3) is 0.267. The fourth-order valence-corrected chi connectivity index (χ4v) is 1.71. The summed E-state index contributed by atoms with van der Waals surface area (Å²) in [7, 11) is 0. The second kappa shape index (κ2) is 4.58. The maximum Gasteiger partial charge on any atom is 0.313 e. The summed E-state index contributed by atoms with van der Waals surface area (Å²) < 4.78 is 5.30. The summed E-state index contributed by atoms with van der Waals surface area (Å²) in [5, 5.41) is 2.29. The SMILES string of the molecule is Cc1cccc2ccc(OC(=O)C(C)C)cc12. The summed E-state index contributed by atoms with van der Waals surface area (Å²) in [6.45, 7) is 5.71. The summed E-state index contributed by atoms with van der Waals surface area (Å²) in [5.74, 6) is 0.311. The summed E-state index contributed by atoms with van der Waals surface area (Å²) in [6.07, 6.45) is 0. The molecule has 0 saturated carbocycles. The molecule has 0 saturated heterocycles. The van der Waals surface area contributed by atoms with Crippen LogP contribution in [0.1, 0.15) is 19.4 Å². The highest BCUT2D eigenvalue weighted by molar-refractivity contribution is 5.87. The normalized spacial score (nSPS) is 10.8. The first-order valence-corrected chi connectivity index (χ1v) is 5.79. The molecule has 0 aromatic heterocycles. The lowest BCUT2D eigenvalue weighted by molar-refractivity contribution is -0.137. The van der Waals surface area contributed by atoms with E-state index in [1.54, 1.807) is 0 Å². The second-order valence-electron chi connectivity index (χ2n) is 4.53. The second-order valence-corrected chi connectivity index (χ2v) is 4.53. The van der Waals surface area contributed by atoms with Gasteiger partial charge in [0.1, 0.15) is 5.75 Å². The van der Waals surface area contributed by atoms with Gasteiger partial charge in [-0.15, -0.1) is 0 Å². The first-order chi connectivity index (χ1) is 8.08. The minimum atomic E-state index is -0.196. The number of carbonyl (C=O) groups excluding carboxylic acids is 1. The van der Waals surface area contributed by atoms with E-state index >= 15 is 0 Å². The molecule has 0 N–H and O–H groups in total. The molecule has 0 aliphatic rings. The van der Waals surface area contributed by atoms with Gasteiger partial charge in [0.25, 0.3) is 0 Å². The van der Waals surface area contributed by atoms with E-state index < -0.39 is 0 Å². The Labute approximate surface area is 101 Å². The molecule has 2 aromatic carbocycles. The zero-order chi connectivity index (χ0) is 12.4. The molecule has 0 unspecified atom stereocenters. The summed E-state index contributed by atoms with van der Waals surface area (Å²) in [6, 6.07) is 11.9. The highest BCUT2D eigenvalue weighted by Crippen LogP contribution is 2.24. The van der Waals surface area contributed by atoms with E-state index in [4.69, 9.17) is 4.74 Å². The van der Waals surface area contributed by atoms with Crippen LogP contribution in [0.25, 0.3) is 10.8 Å². The van der Waals surface area contributed by atoms with Crippen LogP contribution >= 0.6 is 0 Å². The molecule has 0 heterocycles. The number of fused-ring (bicyclic) bond motifs is 1. The summed E-state index contributed by atoms with van der Waals surface area (Å²) in [5.41, 5.74) is 1.19. The van der Waals surface area contributed by atoms with E-state index in [1.165, 1.54) is 5.56 Å². The Morgan fingerprint density at radius 3 is 2.65 bits per heavy atom. The van der Waals surface area contributed by atoms with Gasteiger partial charge in [-0.2, -0.15) is 0 Å². The van der Waals surface area contributed by atoms with Gasteiger partial charge in [-0.05, 0) is 35.4 Å². The van der Waals surface area contributed by atoms with Crippen LogP contribution in [0.2, 0.25) is 0 Å². The van der Waals surface area contributed by atoms with E-state index in [0.717, 1.165) is 10.8 Å². The molecule has 2 aromatic rings. The van der Waals surface area contributed by atoms with Crippen molar-refractivity contribution in [3.8, 4) is 5.75 Å². The monoisotopic (exact) mass is 228 g/mol. The Morgan fingerprint density at radius 1 is 1.18 bits per heavy atom. The van der Waals surface area contributed by atoms with Crippen molar-refractivity contribution in [3.63, 3.8) is 0 Å². The molecular weight excluding hydrogens is 212 g/mol. The third-order valence-electron chi connectivity index (χ3n) is 2.76. The van der Waals surface area contributed by atoms with E-state index in [0.29, 0.717) is 5.75 Å². The topological polar surface area (TPSA) is 26.3 Å². The van der Waals surface area contributed by atoms with Crippen molar-refractivity contribution in [2.75, 3.05) is 0 Å². The molecule has 0 atom stereocenters. The molecule has 0 radical (unpaired) electrons.